The second kappa shape index (κ2) is 8.86. The normalized spacial score (nSPS) is 11.1. The molecule has 0 saturated carbocycles. The van der Waals surface area contributed by atoms with Crippen LogP contribution in [0.5, 0.6) is 0 Å². The van der Waals surface area contributed by atoms with E-state index in [9.17, 15) is 4.79 Å². The van der Waals surface area contributed by atoms with Crippen molar-refractivity contribution < 1.29 is 4.79 Å². The number of fused-ring (bicyclic) bond motifs is 1. The number of hydrogen-bond donors (Lipinski definition) is 1. The summed E-state index contributed by atoms with van der Waals surface area (Å²) >= 11 is 18.1. The van der Waals surface area contributed by atoms with Gasteiger partial charge in [0.2, 0.25) is 0 Å². The predicted molar refractivity (Wildman–Crippen MR) is 130 cm³/mol. The Hall–Kier alpha value is -3.39. The van der Waals surface area contributed by atoms with E-state index in [-0.39, 0.29) is 5.91 Å². The number of nitrogens with one attached hydrogen (secondary N) is 1. The number of amides is 1. The molecule has 33 heavy (non-hydrogen) atoms. The number of benzene rings is 2. The first-order valence-corrected chi connectivity index (χ1v) is 11.0. The van der Waals surface area contributed by atoms with Gasteiger partial charge in [-0.15, -0.1) is 5.10 Å². The quantitative estimate of drug-likeness (QED) is 0.329. The molecule has 0 spiro atoms. The molecule has 3 aromatic heterocycles. The van der Waals surface area contributed by atoms with Gasteiger partial charge in [-0.1, -0.05) is 40.0 Å². The van der Waals surface area contributed by atoms with Crippen LogP contribution in [0.15, 0.2) is 73.2 Å². The summed E-state index contributed by atoms with van der Waals surface area (Å²) in [4.78, 5) is 16.9. The second-order valence-electron chi connectivity index (χ2n) is 7.26. The van der Waals surface area contributed by atoms with Crippen molar-refractivity contribution >= 4 is 57.4 Å². The highest BCUT2D eigenvalue weighted by molar-refractivity contribution is 6.42. The third-order valence-electron chi connectivity index (χ3n) is 5.05. The largest absolute Gasteiger partial charge is 0.326 e. The van der Waals surface area contributed by atoms with Crippen LogP contribution in [0.2, 0.25) is 15.1 Å². The van der Waals surface area contributed by atoms with Crippen LogP contribution in [0.4, 0.5) is 5.69 Å². The third kappa shape index (κ3) is 4.43. The van der Waals surface area contributed by atoms with Crippen LogP contribution in [-0.4, -0.2) is 30.5 Å². The number of halogens is 3. The molecule has 0 fully saturated rings. The number of aromatic nitrogens is 5. The molecule has 0 unspecified atom stereocenters. The summed E-state index contributed by atoms with van der Waals surface area (Å²) in [6, 6.07) is 15.6. The lowest BCUT2D eigenvalue weighted by Crippen LogP contribution is -2.12. The Morgan fingerprint density at radius 1 is 0.939 bits per heavy atom. The van der Waals surface area contributed by atoms with E-state index in [1.54, 1.807) is 59.4 Å². The van der Waals surface area contributed by atoms with Crippen molar-refractivity contribution in [3.63, 3.8) is 0 Å². The maximum atomic E-state index is 12.5. The monoisotopic (exact) mass is 496 g/mol. The van der Waals surface area contributed by atoms with E-state index >= 15 is 0 Å². The highest BCUT2D eigenvalue weighted by Crippen LogP contribution is 2.25. The Morgan fingerprint density at radius 2 is 1.76 bits per heavy atom. The lowest BCUT2D eigenvalue weighted by Gasteiger charge is -2.07. The number of rotatable bonds is 5. The Balaban J connectivity index is 1.30. The average molecular weight is 498 g/mol. The van der Waals surface area contributed by atoms with E-state index in [1.807, 2.05) is 23.0 Å². The zero-order chi connectivity index (χ0) is 22.9. The fraction of sp³-hybridized carbons (Fsp3) is 0.0435. The first kappa shape index (κ1) is 21.5. The van der Waals surface area contributed by atoms with Crippen molar-refractivity contribution in [1.29, 1.82) is 0 Å². The van der Waals surface area contributed by atoms with Crippen molar-refractivity contribution in [2.75, 3.05) is 5.32 Å². The van der Waals surface area contributed by atoms with Gasteiger partial charge in [0.05, 0.1) is 33.5 Å². The Bertz CT molecular complexity index is 1480. The summed E-state index contributed by atoms with van der Waals surface area (Å²) in [5, 5.41) is 13.6. The maximum absolute atomic E-state index is 12.5. The molecule has 1 amide bonds. The minimum absolute atomic E-state index is 0.259. The zero-order valence-corrected chi connectivity index (χ0v) is 19.2. The third-order valence-corrected chi connectivity index (χ3v) is 6.12. The molecular formula is C23H15Cl3N6O. The molecule has 10 heteroatoms. The molecule has 0 saturated heterocycles. The lowest BCUT2D eigenvalue weighted by molar-refractivity contribution is 0.102. The Morgan fingerprint density at radius 3 is 2.55 bits per heavy atom. The first-order chi connectivity index (χ1) is 16.0. The predicted octanol–water partition coefficient (Wildman–Crippen LogP) is 5.88. The molecule has 1 N–H and O–H groups in total. The van der Waals surface area contributed by atoms with Gasteiger partial charge in [0.15, 0.2) is 0 Å². The maximum Gasteiger partial charge on any atom is 0.255 e. The number of hydrogen-bond acceptors (Lipinski definition) is 4. The van der Waals surface area contributed by atoms with Crippen LogP contribution in [0, 0.1) is 0 Å². The van der Waals surface area contributed by atoms with Crippen molar-refractivity contribution in [2.45, 2.75) is 6.54 Å². The van der Waals surface area contributed by atoms with Crippen molar-refractivity contribution in [1.82, 2.24) is 24.5 Å². The van der Waals surface area contributed by atoms with Crippen LogP contribution in [-0.2, 0) is 6.54 Å². The number of anilines is 1. The van der Waals surface area contributed by atoms with Gasteiger partial charge in [-0.3, -0.25) is 4.79 Å². The molecule has 164 valence electrons. The summed E-state index contributed by atoms with van der Waals surface area (Å²) < 4.78 is 3.62. The number of carbonyl (C=O) groups is 1. The number of carbonyl (C=O) groups excluding carboxylic acids is 1. The van der Waals surface area contributed by atoms with Gasteiger partial charge in [-0.05, 0) is 54.6 Å². The highest BCUT2D eigenvalue weighted by atomic mass is 35.5. The van der Waals surface area contributed by atoms with Crippen LogP contribution < -0.4 is 5.32 Å². The van der Waals surface area contributed by atoms with E-state index in [0.29, 0.717) is 32.9 Å². The summed E-state index contributed by atoms with van der Waals surface area (Å²) in [5.74, 6) is -0.259. The molecule has 5 aromatic rings. The van der Waals surface area contributed by atoms with Gasteiger partial charge >= 0.3 is 0 Å². The molecule has 0 atom stereocenters. The molecule has 0 radical (unpaired) electrons. The lowest BCUT2D eigenvalue weighted by atomic mass is 10.2. The summed E-state index contributed by atoms with van der Waals surface area (Å²) in [6.07, 6.45) is 5.43. The van der Waals surface area contributed by atoms with Gasteiger partial charge < -0.3 is 9.88 Å². The SMILES string of the molecule is O=C(Nc1ccc(Cl)c(Cl)c1)c1ccc(-n2cc(Cn3ccc4c(Cl)ccnc43)nn2)cc1. The van der Waals surface area contributed by atoms with Crippen LogP contribution in [0.25, 0.3) is 16.7 Å². The summed E-state index contributed by atoms with van der Waals surface area (Å²) in [5.41, 5.74) is 3.38. The van der Waals surface area contributed by atoms with Gasteiger partial charge in [-0.25, -0.2) is 9.67 Å². The Kier molecular flexibility index (Phi) is 5.76. The zero-order valence-electron chi connectivity index (χ0n) is 16.9. The molecule has 7 nitrogen and oxygen atoms in total. The minimum atomic E-state index is -0.259. The molecule has 0 aliphatic heterocycles. The summed E-state index contributed by atoms with van der Waals surface area (Å²) in [7, 11) is 0. The fourth-order valence-electron chi connectivity index (χ4n) is 3.40. The number of pyridine rings is 1. The van der Waals surface area contributed by atoms with E-state index < -0.39 is 0 Å². The molecule has 3 heterocycles. The highest BCUT2D eigenvalue weighted by Gasteiger charge is 2.11. The van der Waals surface area contributed by atoms with Crippen molar-refractivity contribution in [3.8, 4) is 5.69 Å². The van der Waals surface area contributed by atoms with E-state index in [1.165, 1.54) is 0 Å². The van der Waals surface area contributed by atoms with Crippen LogP contribution in [0.1, 0.15) is 16.1 Å². The average Bonchev–Trinajstić information content (AvgIpc) is 3.45. The molecule has 2 aromatic carbocycles. The Labute approximate surface area is 203 Å². The van der Waals surface area contributed by atoms with E-state index in [2.05, 4.69) is 20.6 Å². The van der Waals surface area contributed by atoms with E-state index in [0.717, 1.165) is 22.4 Å². The van der Waals surface area contributed by atoms with Gasteiger partial charge in [0, 0.05) is 29.0 Å². The van der Waals surface area contributed by atoms with Crippen molar-refractivity contribution in [3.05, 3.63) is 99.5 Å². The minimum Gasteiger partial charge on any atom is -0.326 e. The fourth-order valence-corrected chi connectivity index (χ4v) is 3.90. The standard InChI is InChI=1S/C23H15Cl3N6O/c24-19-7-9-27-22-18(19)8-10-31(22)12-16-13-32(30-29-16)17-4-1-14(2-5-17)23(33)28-15-3-6-20(25)21(26)11-15/h1-11,13H,12H2,(H,28,33). The molecule has 0 aliphatic rings. The van der Waals surface area contributed by atoms with Gasteiger partial charge in [0.25, 0.3) is 5.91 Å². The van der Waals surface area contributed by atoms with E-state index in [4.69, 9.17) is 34.8 Å². The molecule has 5 rings (SSSR count). The molecule has 0 bridgehead atoms. The molecule has 0 aliphatic carbocycles. The molecular weight excluding hydrogens is 483 g/mol. The first-order valence-electron chi connectivity index (χ1n) is 9.85. The van der Waals surface area contributed by atoms with Crippen molar-refractivity contribution in [2.24, 2.45) is 0 Å². The van der Waals surface area contributed by atoms with Gasteiger partial charge in [0.1, 0.15) is 11.3 Å². The van der Waals surface area contributed by atoms with Gasteiger partial charge in [-0.2, -0.15) is 0 Å². The summed E-state index contributed by atoms with van der Waals surface area (Å²) in [6.45, 7) is 0.501. The smallest absolute Gasteiger partial charge is 0.255 e. The van der Waals surface area contributed by atoms with Crippen LogP contribution >= 0.6 is 34.8 Å². The topological polar surface area (TPSA) is 77.6 Å². The van der Waals surface area contributed by atoms with Crippen LogP contribution in [0.3, 0.4) is 0 Å². The second-order valence-corrected chi connectivity index (χ2v) is 8.48. The number of nitrogens with zero attached hydrogens (tertiary/aromatic N) is 5.